The lowest BCUT2D eigenvalue weighted by Gasteiger charge is -2.25. The van der Waals surface area contributed by atoms with Crippen LogP contribution in [0, 0.1) is 5.41 Å². The van der Waals surface area contributed by atoms with Gasteiger partial charge in [-0.05, 0) is 37.8 Å². The summed E-state index contributed by atoms with van der Waals surface area (Å²) in [5.41, 5.74) is 6.08. The minimum absolute atomic E-state index is 0.455. The van der Waals surface area contributed by atoms with E-state index in [2.05, 4.69) is 18.7 Å². The molecule has 1 aliphatic carbocycles. The van der Waals surface area contributed by atoms with Gasteiger partial charge in [-0.3, -0.25) is 0 Å². The first-order chi connectivity index (χ1) is 6.62. The SMILES string of the molecule is CCCN(CC)CC1(CC(N)=S)CC1. The third kappa shape index (κ3) is 3.54. The van der Waals surface area contributed by atoms with Crippen LogP contribution in [0.5, 0.6) is 0 Å². The predicted molar refractivity (Wildman–Crippen MR) is 65.5 cm³/mol. The Morgan fingerprint density at radius 2 is 2.07 bits per heavy atom. The molecule has 0 bridgehead atoms. The van der Waals surface area contributed by atoms with Gasteiger partial charge in [0.2, 0.25) is 0 Å². The quantitative estimate of drug-likeness (QED) is 0.659. The average Bonchev–Trinajstić information content (AvgIpc) is 2.83. The van der Waals surface area contributed by atoms with Crippen molar-refractivity contribution in [3.63, 3.8) is 0 Å². The van der Waals surface area contributed by atoms with Crippen LogP contribution in [0.15, 0.2) is 0 Å². The molecule has 0 heterocycles. The topological polar surface area (TPSA) is 29.3 Å². The second-order valence-electron chi connectivity index (χ2n) is 4.51. The molecule has 0 spiro atoms. The van der Waals surface area contributed by atoms with Crippen molar-refractivity contribution in [3.05, 3.63) is 0 Å². The molecule has 0 aliphatic heterocycles. The van der Waals surface area contributed by atoms with Crippen molar-refractivity contribution in [1.82, 2.24) is 4.90 Å². The molecule has 1 fully saturated rings. The zero-order valence-electron chi connectivity index (χ0n) is 9.38. The fourth-order valence-electron chi connectivity index (χ4n) is 2.08. The molecule has 1 aliphatic rings. The number of nitrogens with two attached hydrogens (primary N) is 1. The standard InChI is InChI=1S/C11H22N2S/c1-3-7-13(4-2)9-11(5-6-11)8-10(12)14/h3-9H2,1-2H3,(H2,12,14). The lowest BCUT2D eigenvalue weighted by atomic mass is 10.0. The highest BCUT2D eigenvalue weighted by Crippen LogP contribution is 2.49. The van der Waals surface area contributed by atoms with Gasteiger partial charge in [-0.1, -0.05) is 26.1 Å². The molecule has 0 aromatic rings. The Balaban J connectivity index is 2.37. The molecular formula is C11H22N2S. The predicted octanol–water partition coefficient (Wildman–Crippen LogP) is 2.17. The van der Waals surface area contributed by atoms with E-state index in [0.717, 1.165) is 13.0 Å². The fraction of sp³-hybridized carbons (Fsp3) is 0.909. The summed E-state index contributed by atoms with van der Waals surface area (Å²) in [4.78, 5) is 3.21. The molecule has 82 valence electrons. The summed E-state index contributed by atoms with van der Waals surface area (Å²) in [6.07, 6.45) is 4.80. The summed E-state index contributed by atoms with van der Waals surface area (Å²) in [6, 6.07) is 0. The van der Waals surface area contributed by atoms with Crippen molar-refractivity contribution in [3.8, 4) is 0 Å². The summed E-state index contributed by atoms with van der Waals surface area (Å²) < 4.78 is 0. The minimum atomic E-state index is 0.455. The van der Waals surface area contributed by atoms with E-state index in [0.29, 0.717) is 10.4 Å². The summed E-state index contributed by atoms with van der Waals surface area (Å²) in [5.74, 6) is 0. The zero-order valence-corrected chi connectivity index (χ0v) is 10.2. The smallest absolute Gasteiger partial charge is 0.0733 e. The summed E-state index contributed by atoms with van der Waals surface area (Å²) >= 11 is 5.00. The van der Waals surface area contributed by atoms with Crippen LogP contribution in [0.25, 0.3) is 0 Å². The summed E-state index contributed by atoms with van der Waals surface area (Å²) in [6.45, 7) is 8.00. The molecule has 0 saturated heterocycles. The average molecular weight is 214 g/mol. The van der Waals surface area contributed by atoms with Gasteiger partial charge in [-0.15, -0.1) is 0 Å². The molecule has 1 saturated carbocycles. The maximum Gasteiger partial charge on any atom is 0.0733 e. The Kier molecular flexibility index (Phi) is 4.32. The van der Waals surface area contributed by atoms with Crippen LogP contribution in [-0.2, 0) is 0 Å². The molecule has 0 amide bonds. The van der Waals surface area contributed by atoms with Crippen LogP contribution >= 0.6 is 12.2 Å². The third-order valence-corrected chi connectivity index (χ3v) is 3.20. The van der Waals surface area contributed by atoms with E-state index in [-0.39, 0.29) is 0 Å². The fourth-order valence-corrected chi connectivity index (χ4v) is 2.38. The second kappa shape index (κ2) is 5.08. The minimum Gasteiger partial charge on any atom is -0.393 e. The molecule has 2 nitrogen and oxygen atoms in total. The largest absolute Gasteiger partial charge is 0.393 e. The van der Waals surface area contributed by atoms with Crippen LogP contribution in [0.3, 0.4) is 0 Å². The van der Waals surface area contributed by atoms with E-state index < -0.39 is 0 Å². The summed E-state index contributed by atoms with van der Waals surface area (Å²) in [7, 11) is 0. The van der Waals surface area contributed by atoms with Crippen LogP contribution in [0.4, 0.5) is 0 Å². The van der Waals surface area contributed by atoms with Crippen molar-refractivity contribution < 1.29 is 0 Å². The molecular weight excluding hydrogens is 192 g/mol. The highest BCUT2D eigenvalue weighted by atomic mass is 32.1. The molecule has 1 rings (SSSR count). The van der Waals surface area contributed by atoms with E-state index in [1.54, 1.807) is 0 Å². The van der Waals surface area contributed by atoms with Gasteiger partial charge in [0, 0.05) is 13.0 Å². The molecule has 14 heavy (non-hydrogen) atoms. The van der Waals surface area contributed by atoms with Crippen LogP contribution in [0.1, 0.15) is 39.5 Å². The van der Waals surface area contributed by atoms with Crippen molar-refractivity contribution in [2.75, 3.05) is 19.6 Å². The van der Waals surface area contributed by atoms with Crippen LogP contribution < -0.4 is 5.73 Å². The molecule has 0 unspecified atom stereocenters. The molecule has 2 N–H and O–H groups in total. The third-order valence-electron chi connectivity index (χ3n) is 3.05. The van der Waals surface area contributed by atoms with Gasteiger partial charge in [0.15, 0.2) is 0 Å². The van der Waals surface area contributed by atoms with Crippen LogP contribution in [-0.4, -0.2) is 29.5 Å². The lowest BCUT2D eigenvalue weighted by Crippen LogP contribution is -2.33. The van der Waals surface area contributed by atoms with Crippen molar-refractivity contribution in [2.24, 2.45) is 11.1 Å². The van der Waals surface area contributed by atoms with E-state index in [1.165, 1.54) is 32.4 Å². The van der Waals surface area contributed by atoms with Gasteiger partial charge in [-0.2, -0.15) is 0 Å². The number of thiocarbonyl (C=S) groups is 1. The van der Waals surface area contributed by atoms with E-state index in [4.69, 9.17) is 18.0 Å². The van der Waals surface area contributed by atoms with Gasteiger partial charge in [-0.25, -0.2) is 0 Å². The Morgan fingerprint density at radius 3 is 2.43 bits per heavy atom. The Labute approximate surface area is 92.8 Å². The van der Waals surface area contributed by atoms with E-state index in [9.17, 15) is 0 Å². The normalized spacial score (nSPS) is 18.5. The second-order valence-corrected chi connectivity index (χ2v) is 5.04. The maximum absolute atomic E-state index is 5.62. The Bertz CT molecular complexity index is 199. The first kappa shape index (κ1) is 11.9. The molecule has 0 aromatic heterocycles. The number of hydrogen-bond donors (Lipinski definition) is 1. The number of nitrogens with zero attached hydrogens (tertiary/aromatic N) is 1. The first-order valence-corrected chi connectivity index (χ1v) is 6.03. The van der Waals surface area contributed by atoms with Crippen molar-refractivity contribution >= 4 is 17.2 Å². The van der Waals surface area contributed by atoms with Gasteiger partial charge >= 0.3 is 0 Å². The zero-order chi connectivity index (χ0) is 10.6. The molecule has 0 aromatic carbocycles. The highest BCUT2D eigenvalue weighted by molar-refractivity contribution is 7.80. The van der Waals surface area contributed by atoms with Gasteiger partial charge < -0.3 is 10.6 Å². The van der Waals surface area contributed by atoms with E-state index in [1.807, 2.05) is 0 Å². The lowest BCUT2D eigenvalue weighted by molar-refractivity contribution is 0.233. The Hall–Kier alpha value is -0.150. The molecule has 0 atom stereocenters. The molecule has 0 radical (unpaired) electrons. The van der Waals surface area contributed by atoms with Gasteiger partial charge in [0.25, 0.3) is 0 Å². The van der Waals surface area contributed by atoms with Crippen molar-refractivity contribution in [1.29, 1.82) is 0 Å². The summed E-state index contributed by atoms with van der Waals surface area (Å²) in [5, 5.41) is 0. The monoisotopic (exact) mass is 214 g/mol. The highest BCUT2D eigenvalue weighted by Gasteiger charge is 2.43. The first-order valence-electron chi connectivity index (χ1n) is 5.62. The Morgan fingerprint density at radius 1 is 1.43 bits per heavy atom. The van der Waals surface area contributed by atoms with E-state index >= 15 is 0 Å². The number of hydrogen-bond acceptors (Lipinski definition) is 2. The van der Waals surface area contributed by atoms with Gasteiger partial charge in [0.05, 0.1) is 4.99 Å². The molecule has 3 heteroatoms. The van der Waals surface area contributed by atoms with Crippen molar-refractivity contribution in [2.45, 2.75) is 39.5 Å². The maximum atomic E-state index is 5.62. The number of rotatable bonds is 7. The van der Waals surface area contributed by atoms with Gasteiger partial charge in [0.1, 0.15) is 0 Å². The van der Waals surface area contributed by atoms with Crippen LogP contribution in [0.2, 0.25) is 0 Å².